The fourth-order valence-corrected chi connectivity index (χ4v) is 10.6. The monoisotopic (exact) mass is 589 g/mol. The molecule has 1 saturated heterocycles. The first-order valence-electron chi connectivity index (χ1n) is 17.2. The summed E-state index contributed by atoms with van der Waals surface area (Å²) in [7, 11) is 2.22. The second-order valence-corrected chi connectivity index (χ2v) is 15.5. The van der Waals surface area contributed by atoms with Gasteiger partial charge in [-0.3, -0.25) is 4.79 Å². The number of rotatable bonds is 7. The third-order valence-corrected chi connectivity index (χ3v) is 13.5. The van der Waals surface area contributed by atoms with Crippen LogP contribution in [0.5, 0.6) is 0 Å². The first kappa shape index (κ1) is 30.8. The number of carbonyl (C=O) groups is 1. The fourth-order valence-electron chi connectivity index (χ4n) is 10.6. The van der Waals surface area contributed by atoms with Gasteiger partial charge in [-0.25, -0.2) is 0 Å². The van der Waals surface area contributed by atoms with E-state index in [1.165, 1.54) is 30.4 Å². The van der Waals surface area contributed by atoms with Gasteiger partial charge in [-0.05, 0) is 124 Å². The first-order chi connectivity index (χ1) is 20.6. The predicted molar refractivity (Wildman–Crippen MR) is 173 cm³/mol. The van der Waals surface area contributed by atoms with E-state index in [-0.39, 0.29) is 34.9 Å². The van der Waals surface area contributed by atoms with Crippen LogP contribution in [0.25, 0.3) is 0 Å². The standard InChI is InChI=1S/C37H55N3O3/c1-25-23-40(5)26(2)22-37(25,27-9-7-6-8-10-27)19-20-38-34(42)24-43-39-29-15-17-35(3)28(21-29)11-12-30-31-13-14-33(41)36(31,4)18-16-32(30)35/h6-10,21,25-26,30-33,41H,11-20,22-24H2,1-5H3,(H,38,42)/b39-29-/t25-,26+,30+,31-,32+,33-,35-,36-,37-/m0/s1. The van der Waals surface area contributed by atoms with Crippen LogP contribution in [0.4, 0.5) is 0 Å². The molecule has 0 unspecified atom stereocenters. The SMILES string of the molecule is C[C@@H]1C[C@](CCNC(=O)CO/N=C2\C=C3CC[C@H]4[C@@H](CC[C@]5(C)[C@@H](O)CC[C@@H]45)[C@@]3(C)CC2)(c2ccccc2)[C@@H](C)CN1C. The number of hydrogen-bond acceptors (Lipinski definition) is 5. The number of fused-ring (bicyclic) bond motifs is 5. The van der Waals surface area contributed by atoms with Crippen molar-refractivity contribution in [2.75, 3.05) is 26.7 Å². The topological polar surface area (TPSA) is 74.2 Å². The van der Waals surface area contributed by atoms with Gasteiger partial charge in [0.05, 0.1) is 11.8 Å². The molecule has 5 aliphatic rings. The van der Waals surface area contributed by atoms with Crippen LogP contribution in [0.15, 0.2) is 47.1 Å². The Morgan fingerprint density at radius 2 is 1.86 bits per heavy atom. The van der Waals surface area contributed by atoms with Crippen molar-refractivity contribution in [2.24, 2.45) is 39.7 Å². The quantitative estimate of drug-likeness (QED) is 0.357. The van der Waals surface area contributed by atoms with E-state index in [0.717, 1.165) is 63.1 Å². The Kier molecular flexibility index (Phi) is 8.58. The zero-order valence-corrected chi connectivity index (χ0v) is 27.3. The van der Waals surface area contributed by atoms with E-state index < -0.39 is 0 Å². The van der Waals surface area contributed by atoms with Crippen LogP contribution in [-0.4, -0.2) is 60.5 Å². The molecule has 6 rings (SSSR count). The Labute approximate surface area is 259 Å². The summed E-state index contributed by atoms with van der Waals surface area (Å²) in [5.74, 6) is 2.51. The van der Waals surface area contributed by atoms with Gasteiger partial charge in [0, 0.05) is 24.5 Å². The number of piperidine rings is 1. The Balaban J connectivity index is 1.03. The number of carbonyl (C=O) groups excluding carboxylic acids is 1. The third kappa shape index (κ3) is 5.49. The number of aliphatic hydroxyl groups excluding tert-OH is 1. The molecule has 1 amide bonds. The fraction of sp³-hybridized carbons (Fsp3) is 0.730. The number of likely N-dealkylation sites (tertiary alicyclic amines) is 1. The van der Waals surface area contributed by atoms with Crippen molar-refractivity contribution in [3.63, 3.8) is 0 Å². The number of oxime groups is 1. The molecule has 0 spiro atoms. The largest absolute Gasteiger partial charge is 0.393 e. The number of amides is 1. The van der Waals surface area contributed by atoms with E-state index in [1.807, 2.05) is 0 Å². The van der Waals surface area contributed by atoms with E-state index in [2.05, 4.69) is 86.5 Å². The molecule has 0 aromatic heterocycles. The Morgan fingerprint density at radius 1 is 1.07 bits per heavy atom. The second-order valence-electron chi connectivity index (χ2n) is 15.5. The van der Waals surface area contributed by atoms with Gasteiger partial charge in [-0.1, -0.05) is 61.8 Å². The van der Waals surface area contributed by atoms with Gasteiger partial charge >= 0.3 is 0 Å². The van der Waals surface area contributed by atoms with Crippen molar-refractivity contribution in [3.8, 4) is 0 Å². The lowest BCUT2D eigenvalue weighted by Crippen LogP contribution is -2.52. The summed E-state index contributed by atoms with van der Waals surface area (Å²) >= 11 is 0. The average molecular weight is 590 g/mol. The maximum absolute atomic E-state index is 12.8. The van der Waals surface area contributed by atoms with Gasteiger partial charge in [0.2, 0.25) is 0 Å². The Bertz CT molecular complexity index is 1230. The van der Waals surface area contributed by atoms with Crippen LogP contribution in [0, 0.1) is 34.5 Å². The summed E-state index contributed by atoms with van der Waals surface area (Å²) in [4.78, 5) is 20.9. The zero-order chi connectivity index (χ0) is 30.4. The maximum atomic E-state index is 12.8. The number of aliphatic hydroxyl groups is 1. The highest BCUT2D eigenvalue weighted by molar-refractivity contribution is 5.96. The molecule has 3 saturated carbocycles. The molecule has 2 N–H and O–H groups in total. The normalized spacial score (nSPS) is 42.0. The maximum Gasteiger partial charge on any atom is 0.260 e. The minimum atomic E-state index is -0.117. The lowest BCUT2D eigenvalue weighted by atomic mass is 9.47. The minimum absolute atomic E-state index is 0.0374. The lowest BCUT2D eigenvalue weighted by molar-refractivity contribution is -0.125. The van der Waals surface area contributed by atoms with Gasteiger partial charge in [-0.15, -0.1) is 0 Å². The van der Waals surface area contributed by atoms with Gasteiger partial charge < -0.3 is 20.2 Å². The van der Waals surface area contributed by atoms with Gasteiger partial charge in [0.15, 0.2) is 6.61 Å². The average Bonchev–Trinajstić information content (AvgIpc) is 3.30. The lowest BCUT2D eigenvalue weighted by Gasteiger charge is -2.57. The molecule has 43 heavy (non-hydrogen) atoms. The summed E-state index contributed by atoms with van der Waals surface area (Å²) in [5.41, 5.74) is 4.30. The molecule has 0 radical (unpaired) electrons. The summed E-state index contributed by atoms with van der Waals surface area (Å²) in [5, 5.41) is 18.3. The van der Waals surface area contributed by atoms with E-state index in [1.54, 1.807) is 0 Å². The van der Waals surface area contributed by atoms with Crippen molar-refractivity contribution >= 4 is 11.6 Å². The van der Waals surface area contributed by atoms with Crippen LogP contribution >= 0.6 is 0 Å². The van der Waals surface area contributed by atoms with Crippen LogP contribution in [-0.2, 0) is 15.0 Å². The summed E-state index contributed by atoms with van der Waals surface area (Å²) in [6.45, 7) is 11.2. The van der Waals surface area contributed by atoms with Crippen LogP contribution in [0.1, 0.15) is 97.5 Å². The van der Waals surface area contributed by atoms with E-state index in [4.69, 9.17) is 4.84 Å². The number of allylic oxidation sites excluding steroid dienone is 2. The second kappa shape index (κ2) is 12.0. The molecule has 9 atom stereocenters. The molecule has 4 aliphatic carbocycles. The summed E-state index contributed by atoms with van der Waals surface area (Å²) in [6, 6.07) is 11.4. The van der Waals surface area contributed by atoms with Gasteiger partial charge in [0.25, 0.3) is 5.91 Å². The van der Waals surface area contributed by atoms with E-state index in [9.17, 15) is 9.90 Å². The molecule has 236 valence electrons. The Hall–Kier alpha value is -2.18. The van der Waals surface area contributed by atoms with Crippen molar-refractivity contribution in [2.45, 2.75) is 109 Å². The summed E-state index contributed by atoms with van der Waals surface area (Å²) < 4.78 is 0. The van der Waals surface area contributed by atoms with Crippen LogP contribution in [0.3, 0.4) is 0 Å². The van der Waals surface area contributed by atoms with Gasteiger partial charge in [0.1, 0.15) is 0 Å². The molecule has 6 nitrogen and oxygen atoms in total. The minimum Gasteiger partial charge on any atom is -0.393 e. The molecule has 4 fully saturated rings. The molecule has 1 aromatic carbocycles. The number of hydrogen-bond donors (Lipinski definition) is 2. The van der Waals surface area contributed by atoms with Crippen LogP contribution < -0.4 is 5.32 Å². The molecular weight excluding hydrogens is 534 g/mol. The van der Waals surface area contributed by atoms with Crippen molar-refractivity contribution < 1.29 is 14.7 Å². The Morgan fingerprint density at radius 3 is 2.65 bits per heavy atom. The van der Waals surface area contributed by atoms with Crippen LogP contribution in [0.2, 0.25) is 0 Å². The molecule has 1 heterocycles. The highest BCUT2D eigenvalue weighted by Gasteiger charge is 2.58. The number of nitrogens with zero attached hydrogens (tertiary/aromatic N) is 2. The molecule has 1 aliphatic heterocycles. The number of nitrogens with one attached hydrogen (secondary N) is 1. The van der Waals surface area contributed by atoms with Crippen molar-refractivity contribution in [1.82, 2.24) is 10.2 Å². The van der Waals surface area contributed by atoms with E-state index >= 15 is 0 Å². The highest BCUT2D eigenvalue weighted by Crippen LogP contribution is 2.65. The highest BCUT2D eigenvalue weighted by atomic mass is 16.6. The van der Waals surface area contributed by atoms with E-state index in [0.29, 0.717) is 30.3 Å². The van der Waals surface area contributed by atoms with Gasteiger partial charge in [-0.2, -0.15) is 0 Å². The van der Waals surface area contributed by atoms with Crippen molar-refractivity contribution in [1.29, 1.82) is 0 Å². The number of benzene rings is 1. The smallest absolute Gasteiger partial charge is 0.260 e. The molecule has 0 bridgehead atoms. The predicted octanol–water partition coefficient (Wildman–Crippen LogP) is 6.49. The molecular formula is C37H55N3O3. The van der Waals surface area contributed by atoms with Crippen molar-refractivity contribution in [3.05, 3.63) is 47.5 Å². The first-order valence-corrected chi connectivity index (χ1v) is 17.2. The molecule has 1 aromatic rings. The molecule has 6 heteroatoms. The zero-order valence-electron chi connectivity index (χ0n) is 27.3. The third-order valence-electron chi connectivity index (χ3n) is 13.5. The summed E-state index contributed by atoms with van der Waals surface area (Å²) in [6.07, 6.45) is 13.1.